The standard InChI is InChI=1S/C104H90BrO14P/c105-91-41-43-104(44-42-91)120(118-75-89-53-100(114-71-85-45-92(106-63-77-25-9-1-10-26-77)57-93(46-85)107-64-78-27-11-2-12-28-78)61-101(54-89)115-72-86-47-94(108-65-79-29-13-3-14-30-79)58-95(48-86)109-66-80-31-15-4-16-32-80)119-76-90-55-102(116-73-87-49-96(110-67-81-33-17-5-18-34-81)59-97(50-87)111-68-82-35-19-6-20-36-82)62-103(56-90)117-74-88-51-98(112-69-83-37-21-7-22-38-83)60-99(52-88)113-70-84-39-23-8-24-40-84/h1-62H,63-76H2. The largest absolute Gasteiger partial charge is 0.489 e. The summed E-state index contributed by atoms with van der Waals surface area (Å²) in [6.07, 6.45) is 0. The Morgan fingerprint density at radius 1 is 0.150 bits per heavy atom. The zero-order chi connectivity index (χ0) is 81.4. The molecule has 0 spiro atoms. The van der Waals surface area contributed by atoms with Crippen molar-refractivity contribution in [3.63, 3.8) is 0 Å². The first-order chi connectivity index (χ1) is 59.2. The van der Waals surface area contributed by atoms with Crippen LogP contribution in [0.1, 0.15) is 77.9 Å². The van der Waals surface area contributed by atoms with E-state index in [1.807, 2.05) is 376 Å². The molecule has 0 bridgehead atoms. The molecular weight excluding hydrogens is 1580 g/mol. The van der Waals surface area contributed by atoms with Crippen molar-refractivity contribution >= 4 is 29.6 Å². The molecule has 602 valence electrons. The van der Waals surface area contributed by atoms with Gasteiger partial charge in [-0.2, -0.15) is 0 Å². The maximum atomic E-state index is 7.08. The van der Waals surface area contributed by atoms with Gasteiger partial charge >= 0.3 is 0 Å². The maximum Gasteiger partial charge on any atom is 0.205 e. The van der Waals surface area contributed by atoms with Gasteiger partial charge in [0.05, 0.1) is 13.2 Å². The van der Waals surface area contributed by atoms with Crippen molar-refractivity contribution in [2.45, 2.75) is 92.5 Å². The van der Waals surface area contributed by atoms with Gasteiger partial charge in [-0.1, -0.05) is 259 Å². The van der Waals surface area contributed by atoms with Crippen molar-refractivity contribution in [3.05, 3.63) is 458 Å². The van der Waals surface area contributed by atoms with Gasteiger partial charge in [-0.15, -0.1) is 0 Å². The van der Waals surface area contributed by atoms with Crippen LogP contribution in [-0.4, -0.2) is 0 Å². The molecule has 120 heavy (non-hydrogen) atoms. The molecule has 15 aromatic carbocycles. The molecule has 0 unspecified atom stereocenters. The zero-order valence-electron chi connectivity index (χ0n) is 66.2. The van der Waals surface area contributed by atoms with Gasteiger partial charge in [-0.3, -0.25) is 0 Å². The second-order valence-electron chi connectivity index (χ2n) is 28.5. The van der Waals surface area contributed by atoms with E-state index in [2.05, 4.69) is 15.9 Å². The van der Waals surface area contributed by atoms with Crippen molar-refractivity contribution in [1.82, 2.24) is 0 Å². The predicted molar refractivity (Wildman–Crippen MR) is 472 cm³/mol. The van der Waals surface area contributed by atoms with E-state index in [1.165, 1.54) is 0 Å². The summed E-state index contributed by atoms with van der Waals surface area (Å²) in [6, 6.07) is 124. The Labute approximate surface area is 710 Å². The molecule has 0 aliphatic heterocycles. The zero-order valence-corrected chi connectivity index (χ0v) is 68.7. The number of ether oxygens (including phenoxy) is 12. The van der Waals surface area contributed by atoms with Crippen LogP contribution in [0.2, 0.25) is 0 Å². The highest BCUT2D eigenvalue weighted by Gasteiger charge is 2.20. The third-order valence-electron chi connectivity index (χ3n) is 19.0. The molecular formula is C104H90BrO14P. The summed E-state index contributed by atoms with van der Waals surface area (Å²) >= 11 is 3.69. The average Bonchev–Trinajstić information content (AvgIpc) is 0.795. The minimum atomic E-state index is -1.82. The molecule has 0 atom stereocenters. The van der Waals surface area contributed by atoms with E-state index in [4.69, 9.17) is 65.9 Å². The smallest absolute Gasteiger partial charge is 0.205 e. The third kappa shape index (κ3) is 26.4. The lowest BCUT2D eigenvalue weighted by Crippen LogP contribution is -2.07. The van der Waals surface area contributed by atoms with Crippen LogP contribution in [-0.2, 0) is 102 Å². The minimum Gasteiger partial charge on any atom is -0.489 e. The highest BCUT2D eigenvalue weighted by atomic mass is 79.9. The van der Waals surface area contributed by atoms with Crippen molar-refractivity contribution in [1.29, 1.82) is 0 Å². The fraction of sp³-hybridized carbons (Fsp3) is 0.135. The molecule has 0 heterocycles. The minimum absolute atomic E-state index is 0.0871. The van der Waals surface area contributed by atoms with Crippen molar-refractivity contribution in [2.75, 3.05) is 0 Å². The lowest BCUT2D eigenvalue weighted by molar-refractivity contribution is 0.239. The fourth-order valence-corrected chi connectivity index (χ4v) is 14.5. The summed E-state index contributed by atoms with van der Waals surface area (Å²) in [5.41, 5.74) is 13.1. The molecule has 0 amide bonds. The summed E-state index contributed by atoms with van der Waals surface area (Å²) < 4.78 is 94.0. The second-order valence-corrected chi connectivity index (χ2v) is 31.0. The van der Waals surface area contributed by atoms with Crippen LogP contribution in [0.25, 0.3) is 0 Å². The lowest BCUT2D eigenvalue weighted by Gasteiger charge is -2.20. The van der Waals surface area contributed by atoms with E-state index < -0.39 is 8.38 Å². The summed E-state index contributed by atoms with van der Waals surface area (Å²) in [5.74, 6) is 7.21. The van der Waals surface area contributed by atoms with Crippen LogP contribution in [0, 0.1) is 0 Å². The van der Waals surface area contributed by atoms with Crippen LogP contribution in [0.5, 0.6) is 69.0 Å². The molecule has 0 aliphatic carbocycles. The molecule has 0 radical (unpaired) electrons. The molecule has 0 N–H and O–H groups in total. The summed E-state index contributed by atoms with van der Waals surface area (Å²) in [7, 11) is -1.82. The second kappa shape index (κ2) is 43.3. The van der Waals surface area contributed by atoms with Crippen molar-refractivity contribution in [2.24, 2.45) is 0 Å². The third-order valence-corrected chi connectivity index (χ3v) is 21.0. The summed E-state index contributed by atoms with van der Waals surface area (Å²) in [6.45, 7) is 3.70. The molecule has 14 nitrogen and oxygen atoms in total. The SMILES string of the molecule is Brc1ccc(P(OCc2cc(OCc3cc(OCc4ccccc4)cc(OCc4ccccc4)c3)cc(OCc3cc(OCc4ccccc4)cc(OCc4ccccc4)c3)c2)OCc2cc(OCc3cc(OCc4ccccc4)cc(OCc4ccccc4)c3)cc(OCc3cc(OCc4ccccc4)cc(OCc4ccccc4)c3)c2)cc1. The van der Waals surface area contributed by atoms with Crippen LogP contribution >= 0.6 is 24.3 Å². The Morgan fingerprint density at radius 2 is 0.292 bits per heavy atom. The molecule has 0 saturated carbocycles. The molecule has 15 aromatic rings. The Kier molecular flexibility index (Phi) is 29.5. The van der Waals surface area contributed by atoms with Crippen LogP contribution in [0.3, 0.4) is 0 Å². The molecule has 0 saturated heterocycles. The topological polar surface area (TPSA) is 129 Å². The van der Waals surface area contributed by atoms with Crippen LogP contribution in [0.4, 0.5) is 0 Å². The molecule has 0 aromatic heterocycles. The first kappa shape index (κ1) is 81.9. The van der Waals surface area contributed by atoms with Gasteiger partial charge in [0, 0.05) is 46.2 Å². The van der Waals surface area contributed by atoms with Gasteiger partial charge < -0.3 is 65.9 Å². The lowest BCUT2D eigenvalue weighted by atomic mass is 10.2. The first-order valence-corrected chi connectivity index (χ1v) is 41.7. The van der Waals surface area contributed by atoms with Gasteiger partial charge in [-0.25, -0.2) is 0 Å². The first-order valence-electron chi connectivity index (χ1n) is 39.7. The van der Waals surface area contributed by atoms with E-state index in [-0.39, 0.29) is 39.6 Å². The number of benzene rings is 15. The molecule has 16 heteroatoms. The Hall–Kier alpha value is -13.3. The van der Waals surface area contributed by atoms with Crippen LogP contribution in [0.15, 0.2) is 381 Å². The normalized spacial score (nSPS) is 11.0. The van der Waals surface area contributed by atoms with E-state index >= 15 is 0 Å². The van der Waals surface area contributed by atoms with E-state index in [0.717, 1.165) is 87.7 Å². The van der Waals surface area contributed by atoms with Gasteiger partial charge in [0.1, 0.15) is 148 Å². The van der Waals surface area contributed by atoms with Gasteiger partial charge in [0.15, 0.2) is 0 Å². The quantitative estimate of drug-likeness (QED) is 0.0336. The van der Waals surface area contributed by atoms with E-state index in [9.17, 15) is 0 Å². The maximum absolute atomic E-state index is 7.08. The number of hydrogen-bond acceptors (Lipinski definition) is 14. The monoisotopic (exact) mass is 1670 g/mol. The fourth-order valence-electron chi connectivity index (χ4n) is 12.9. The number of rotatable bonds is 43. The average molecular weight is 1670 g/mol. The van der Waals surface area contributed by atoms with Crippen molar-refractivity contribution < 1.29 is 65.9 Å². The van der Waals surface area contributed by atoms with E-state index in [0.29, 0.717) is 122 Å². The molecule has 15 rings (SSSR count). The Bertz CT molecular complexity index is 4760. The predicted octanol–water partition coefficient (Wildman–Crippen LogP) is 24.8. The van der Waals surface area contributed by atoms with Gasteiger partial charge in [0.25, 0.3) is 0 Å². The Morgan fingerprint density at radius 3 is 0.450 bits per heavy atom. The summed E-state index contributed by atoms with van der Waals surface area (Å²) in [5, 5.41) is 0.833. The molecule has 0 aliphatic rings. The van der Waals surface area contributed by atoms with Gasteiger partial charge in [0.2, 0.25) is 8.38 Å². The highest BCUT2D eigenvalue weighted by molar-refractivity contribution is 9.10. The summed E-state index contributed by atoms with van der Waals surface area (Å²) in [4.78, 5) is 0. The van der Waals surface area contributed by atoms with Crippen LogP contribution < -0.4 is 62.1 Å². The Balaban J connectivity index is 0.724. The van der Waals surface area contributed by atoms with E-state index in [1.54, 1.807) is 0 Å². The number of halogens is 1. The highest BCUT2D eigenvalue weighted by Crippen LogP contribution is 2.42. The number of hydrogen-bond donors (Lipinski definition) is 0. The molecule has 0 fully saturated rings. The van der Waals surface area contributed by atoms with Crippen molar-refractivity contribution in [3.8, 4) is 69.0 Å². The van der Waals surface area contributed by atoms with Gasteiger partial charge in [-0.05, 0) is 175 Å².